The summed E-state index contributed by atoms with van der Waals surface area (Å²) in [5.41, 5.74) is 2.80. The molecule has 7 heteroatoms. The molecule has 1 heterocycles. The standard InChI is InChI=1S/C22H23N3O3S/c26-22(24-16-19-9-5-8-17-6-1-3-10-20(17)19)23-13-15-29(27,28)25-14-12-18-7-2-4-11-21(18)25/h1-11H,12-16H2,(H2,23,24,26). The molecule has 0 unspecified atom stereocenters. The molecule has 1 aliphatic heterocycles. The molecule has 4 rings (SSSR count). The highest BCUT2D eigenvalue weighted by Crippen LogP contribution is 2.29. The number of benzene rings is 3. The molecule has 3 aromatic carbocycles. The lowest BCUT2D eigenvalue weighted by atomic mass is 10.0. The van der Waals surface area contributed by atoms with Crippen LogP contribution in [0.5, 0.6) is 0 Å². The largest absolute Gasteiger partial charge is 0.337 e. The maximum Gasteiger partial charge on any atom is 0.315 e. The van der Waals surface area contributed by atoms with Crippen molar-refractivity contribution in [3.8, 4) is 0 Å². The Hall–Kier alpha value is -3.06. The maximum atomic E-state index is 12.7. The number of sulfonamides is 1. The van der Waals surface area contributed by atoms with Gasteiger partial charge < -0.3 is 10.6 Å². The van der Waals surface area contributed by atoms with Crippen molar-refractivity contribution in [1.29, 1.82) is 0 Å². The molecule has 1 aliphatic rings. The average Bonchev–Trinajstić information content (AvgIpc) is 3.17. The third kappa shape index (κ3) is 4.19. The van der Waals surface area contributed by atoms with E-state index in [2.05, 4.69) is 10.6 Å². The number of fused-ring (bicyclic) bond motifs is 2. The lowest BCUT2D eigenvalue weighted by Gasteiger charge is -2.19. The Balaban J connectivity index is 1.30. The number of nitrogens with one attached hydrogen (secondary N) is 2. The van der Waals surface area contributed by atoms with Crippen LogP contribution in [0.1, 0.15) is 11.1 Å². The van der Waals surface area contributed by atoms with Crippen molar-refractivity contribution in [2.75, 3.05) is 23.1 Å². The zero-order valence-electron chi connectivity index (χ0n) is 16.0. The third-order valence-electron chi connectivity index (χ3n) is 5.15. The van der Waals surface area contributed by atoms with Gasteiger partial charge in [0.05, 0.1) is 11.4 Å². The van der Waals surface area contributed by atoms with E-state index >= 15 is 0 Å². The Morgan fingerprint density at radius 1 is 0.931 bits per heavy atom. The number of urea groups is 1. The van der Waals surface area contributed by atoms with Crippen molar-refractivity contribution >= 4 is 32.5 Å². The summed E-state index contributed by atoms with van der Waals surface area (Å²) in [4.78, 5) is 12.1. The highest BCUT2D eigenvalue weighted by atomic mass is 32.2. The molecular formula is C22H23N3O3S. The average molecular weight is 410 g/mol. The first-order valence-corrected chi connectivity index (χ1v) is 11.2. The second-order valence-corrected chi connectivity index (χ2v) is 9.03. The summed E-state index contributed by atoms with van der Waals surface area (Å²) in [6.45, 7) is 0.886. The number of carbonyl (C=O) groups excluding carboxylic acids is 1. The summed E-state index contributed by atoms with van der Waals surface area (Å²) in [5.74, 6) is -0.136. The van der Waals surface area contributed by atoms with Gasteiger partial charge in [-0.15, -0.1) is 0 Å². The SMILES string of the molecule is O=C(NCCS(=O)(=O)N1CCc2ccccc21)NCc1cccc2ccccc12. The van der Waals surface area contributed by atoms with E-state index in [-0.39, 0.29) is 18.3 Å². The highest BCUT2D eigenvalue weighted by Gasteiger charge is 2.28. The number of amides is 2. The zero-order chi connectivity index (χ0) is 20.3. The second-order valence-electron chi connectivity index (χ2n) is 7.01. The molecule has 29 heavy (non-hydrogen) atoms. The van der Waals surface area contributed by atoms with Gasteiger partial charge in [-0.05, 0) is 34.4 Å². The maximum absolute atomic E-state index is 12.7. The van der Waals surface area contributed by atoms with E-state index in [1.54, 1.807) is 0 Å². The summed E-state index contributed by atoms with van der Waals surface area (Å²) in [6, 6.07) is 21.1. The molecule has 0 spiro atoms. The fourth-order valence-corrected chi connectivity index (χ4v) is 5.11. The van der Waals surface area contributed by atoms with Crippen LogP contribution in [-0.4, -0.2) is 33.3 Å². The van der Waals surface area contributed by atoms with E-state index in [1.807, 2.05) is 66.7 Å². The van der Waals surface area contributed by atoms with E-state index in [4.69, 9.17) is 0 Å². The Morgan fingerprint density at radius 2 is 1.69 bits per heavy atom. The molecule has 0 fully saturated rings. The van der Waals surface area contributed by atoms with Crippen LogP contribution in [0.4, 0.5) is 10.5 Å². The molecule has 0 saturated carbocycles. The van der Waals surface area contributed by atoms with Crippen molar-refractivity contribution in [3.05, 3.63) is 77.9 Å². The molecule has 0 aromatic heterocycles. The van der Waals surface area contributed by atoms with Gasteiger partial charge in [-0.25, -0.2) is 13.2 Å². The summed E-state index contributed by atoms with van der Waals surface area (Å²) in [5, 5.41) is 7.66. The third-order valence-corrected chi connectivity index (χ3v) is 6.92. The summed E-state index contributed by atoms with van der Waals surface area (Å²) < 4.78 is 26.8. The Kier molecular flexibility index (Phi) is 5.40. The number of rotatable bonds is 6. The first-order valence-electron chi connectivity index (χ1n) is 9.61. The Labute approximate surface area is 170 Å². The second kappa shape index (κ2) is 8.13. The van der Waals surface area contributed by atoms with Gasteiger partial charge in [0.2, 0.25) is 10.0 Å². The topological polar surface area (TPSA) is 78.5 Å². The van der Waals surface area contributed by atoms with Crippen LogP contribution in [0.25, 0.3) is 10.8 Å². The molecular weight excluding hydrogens is 386 g/mol. The summed E-state index contributed by atoms with van der Waals surface area (Å²) in [6.07, 6.45) is 0.717. The van der Waals surface area contributed by atoms with E-state index in [1.165, 1.54) is 4.31 Å². The highest BCUT2D eigenvalue weighted by molar-refractivity contribution is 7.92. The lowest BCUT2D eigenvalue weighted by molar-refractivity contribution is 0.241. The molecule has 3 aromatic rings. The first-order chi connectivity index (χ1) is 14.0. The normalized spacial score (nSPS) is 13.3. The van der Waals surface area contributed by atoms with Gasteiger partial charge in [0.25, 0.3) is 0 Å². The van der Waals surface area contributed by atoms with E-state index in [9.17, 15) is 13.2 Å². The van der Waals surface area contributed by atoms with Crippen molar-refractivity contribution in [3.63, 3.8) is 0 Å². The summed E-state index contributed by atoms with van der Waals surface area (Å²) in [7, 11) is -3.47. The fourth-order valence-electron chi connectivity index (χ4n) is 3.69. The Bertz CT molecular complexity index is 1140. The lowest BCUT2D eigenvalue weighted by Crippen LogP contribution is -2.40. The smallest absolute Gasteiger partial charge is 0.315 e. The number of anilines is 1. The van der Waals surface area contributed by atoms with Crippen molar-refractivity contribution < 1.29 is 13.2 Å². The van der Waals surface area contributed by atoms with Crippen LogP contribution in [0.3, 0.4) is 0 Å². The van der Waals surface area contributed by atoms with Gasteiger partial charge in [0.1, 0.15) is 0 Å². The predicted octanol–water partition coefficient (Wildman–Crippen LogP) is 3.03. The van der Waals surface area contributed by atoms with Crippen LogP contribution in [0.2, 0.25) is 0 Å². The van der Waals surface area contributed by atoms with Crippen molar-refractivity contribution in [2.24, 2.45) is 0 Å². The van der Waals surface area contributed by atoms with E-state index in [0.717, 1.165) is 27.6 Å². The Morgan fingerprint density at radius 3 is 2.59 bits per heavy atom. The minimum atomic E-state index is -3.47. The summed E-state index contributed by atoms with van der Waals surface area (Å²) >= 11 is 0. The molecule has 2 N–H and O–H groups in total. The van der Waals surface area contributed by atoms with Gasteiger partial charge in [-0.3, -0.25) is 4.31 Å². The molecule has 6 nitrogen and oxygen atoms in total. The van der Waals surface area contributed by atoms with Crippen LogP contribution in [0.15, 0.2) is 66.7 Å². The van der Waals surface area contributed by atoms with Crippen LogP contribution >= 0.6 is 0 Å². The number of hydrogen-bond acceptors (Lipinski definition) is 3. The van der Waals surface area contributed by atoms with E-state index in [0.29, 0.717) is 19.5 Å². The monoisotopic (exact) mass is 409 g/mol. The molecule has 0 atom stereocenters. The van der Waals surface area contributed by atoms with Crippen molar-refractivity contribution in [2.45, 2.75) is 13.0 Å². The molecule has 2 amide bonds. The van der Waals surface area contributed by atoms with Gasteiger partial charge in [0, 0.05) is 19.6 Å². The predicted molar refractivity (Wildman–Crippen MR) is 115 cm³/mol. The molecule has 0 aliphatic carbocycles. The number of para-hydroxylation sites is 1. The van der Waals surface area contributed by atoms with E-state index < -0.39 is 10.0 Å². The zero-order valence-corrected chi connectivity index (χ0v) is 16.8. The molecule has 0 bridgehead atoms. The molecule has 150 valence electrons. The first kappa shape index (κ1) is 19.3. The van der Waals surface area contributed by atoms with Gasteiger partial charge in [0.15, 0.2) is 0 Å². The number of hydrogen-bond donors (Lipinski definition) is 2. The number of carbonyl (C=O) groups is 1. The van der Waals surface area contributed by atoms with Crippen molar-refractivity contribution in [1.82, 2.24) is 10.6 Å². The van der Waals surface area contributed by atoms with Crippen LogP contribution in [0, 0.1) is 0 Å². The van der Waals surface area contributed by atoms with Gasteiger partial charge in [-0.2, -0.15) is 0 Å². The molecule has 0 radical (unpaired) electrons. The minimum Gasteiger partial charge on any atom is -0.337 e. The quantitative estimate of drug-likeness (QED) is 0.657. The minimum absolute atomic E-state index is 0.0579. The van der Waals surface area contributed by atoms with Gasteiger partial charge in [-0.1, -0.05) is 60.7 Å². The van der Waals surface area contributed by atoms with Crippen LogP contribution in [-0.2, 0) is 23.0 Å². The number of nitrogens with zero attached hydrogens (tertiary/aromatic N) is 1. The van der Waals surface area contributed by atoms with Gasteiger partial charge >= 0.3 is 6.03 Å². The molecule has 0 saturated heterocycles. The fraction of sp³-hybridized carbons (Fsp3) is 0.227. The van der Waals surface area contributed by atoms with Crippen LogP contribution < -0.4 is 14.9 Å².